The zero-order chi connectivity index (χ0) is 17.7. The Balaban J connectivity index is 2.17. The number of nitro groups is 1. The molecule has 2 N–H and O–H groups in total. The minimum absolute atomic E-state index is 0.208. The number of benzene rings is 2. The van der Waals surface area contributed by atoms with Crippen LogP contribution in [0.5, 0.6) is 0 Å². The second-order valence-corrected chi connectivity index (χ2v) is 5.41. The number of nitro benzene ring substituents is 1. The third kappa shape index (κ3) is 3.87. The van der Waals surface area contributed by atoms with Gasteiger partial charge in [0.05, 0.1) is 10.5 Å². The third-order valence-corrected chi connectivity index (χ3v) is 3.78. The molecule has 0 bridgehead atoms. The van der Waals surface area contributed by atoms with Gasteiger partial charge in [0.15, 0.2) is 0 Å². The lowest BCUT2D eigenvalue weighted by atomic mass is 10.1. The van der Waals surface area contributed by atoms with Gasteiger partial charge in [-0.05, 0) is 30.5 Å². The van der Waals surface area contributed by atoms with Crippen LogP contribution in [0.1, 0.15) is 20.7 Å². The number of nitrogens with one attached hydrogen (secondary N) is 2. The van der Waals surface area contributed by atoms with Crippen molar-refractivity contribution in [1.82, 2.24) is 10.9 Å². The van der Waals surface area contributed by atoms with Crippen LogP contribution in [0.4, 0.5) is 10.1 Å². The van der Waals surface area contributed by atoms with Crippen LogP contribution in [-0.2, 0) is 0 Å². The second-order valence-electron chi connectivity index (χ2n) is 4.53. The first-order valence-electron chi connectivity index (χ1n) is 6.61. The lowest BCUT2D eigenvalue weighted by Gasteiger charge is -2.09. The molecular weight excluding hydrogens is 337 g/mol. The van der Waals surface area contributed by atoms with E-state index in [1.807, 2.05) is 5.43 Å². The van der Waals surface area contributed by atoms with E-state index in [4.69, 9.17) is 0 Å². The molecule has 2 aromatic carbocycles. The van der Waals surface area contributed by atoms with Crippen molar-refractivity contribution in [2.24, 2.45) is 0 Å². The largest absolute Gasteiger partial charge is 0.282 e. The SMILES string of the molecule is CSc1ccc([N+](=O)[O-])c(C(=O)NNC(=O)c2ccccc2F)c1. The summed E-state index contributed by atoms with van der Waals surface area (Å²) in [5, 5.41) is 11.0. The summed E-state index contributed by atoms with van der Waals surface area (Å²) in [5.41, 5.74) is 3.22. The molecule has 2 amide bonds. The number of amides is 2. The third-order valence-electron chi connectivity index (χ3n) is 3.05. The first-order valence-corrected chi connectivity index (χ1v) is 7.84. The highest BCUT2D eigenvalue weighted by molar-refractivity contribution is 7.98. The fourth-order valence-electron chi connectivity index (χ4n) is 1.88. The number of rotatable bonds is 4. The maximum absolute atomic E-state index is 13.5. The van der Waals surface area contributed by atoms with Crippen molar-refractivity contribution < 1.29 is 18.9 Å². The van der Waals surface area contributed by atoms with Crippen LogP contribution in [0, 0.1) is 15.9 Å². The minimum Gasteiger partial charge on any atom is -0.267 e. The fraction of sp³-hybridized carbons (Fsp3) is 0.0667. The normalized spacial score (nSPS) is 10.1. The molecule has 0 saturated heterocycles. The monoisotopic (exact) mass is 349 g/mol. The van der Waals surface area contributed by atoms with Gasteiger partial charge in [-0.25, -0.2) is 4.39 Å². The van der Waals surface area contributed by atoms with Crippen LogP contribution in [-0.4, -0.2) is 23.0 Å². The van der Waals surface area contributed by atoms with Gasteiger partial charge < -0.3 is 0 Å². The number of hydrogen-bond donors (Lipinski definition) is 2. The van der Waals surface area contributed by atoms with E-state index in [9.17, 15) is 24.1 Å². The number of hydrogen-bond acceptors (Lipinski definition) is 5. The van der Waals surface area contributed by atoms with Crippen molar-refractivity contribution >= 4 is 29.3 Å². The van der Waals surface area contributed by atoms with Gasteiger partial charge in [0.1, 0.15) is 11.4 Å². The van der Waals surface area contributed by atoms with Gasteiger partial charge in [0.2, 0.25) is 0 Å². The van der Waals surface area contributed by atoms with Gasteiger partial charge in [-0.15, -0.1) is 11.8 Å². The van der Waals surface area contributed by atoms with E-state index < -0.39 is 28.2 Å². The summed E-state index contributed by atoms with van der Waals surface area (Å²) in [4.78, 5) is 34.9. The van der Waals surface area contributed by atoms with Crippen molar-refractivity contribution in [3.63, 3.8) is 0 Å². The maximum atomic E-state index is 13.5. The maximum Gasteiger partial charge on any atom is 0.282 e. The summed E-state index contributed by atoms with van der Waals surface area (Å²) >= 11 is 1.30. The summed E-state index contributed by atoms with van der Waals surface area (Å²) in [6, 6.07) is 9.29. The average Bonchev–Trinajstić information content (AvgIpc) is 2.59. The zero-order valence-electron chi connectivity index (χ0n) is 12.4. The summed E-state index contributed by atoms with van der Waals surface area (Å²) in [7, 11) is 0. The number of halogens is 1. The molecule has 0 aliphatic heterocycles. The molecule has 0 spiro atoms. The van der Waals surface area contributed by atoms with Crippen LogP contribution in [0.3, 0.4) is 0 Å². The van der Waals surface area contributed by atoms with Crippen LogP contribution in [0.15, 0.2) is 47.4 Å². The topological polar surface area (TPSA) is 101 Å². The summed E-state index contributed by atoms with van der Waals surface area (Å²) in [6.45, 7) is 0. The number of carbonyl (C=O) groups excluding carboxylic acids is 2. The molecule has 0 atom stereocenters. The van der Waals surface area contributed by atoms with Gasteiger partial charge in [-0.2, -0.15) is 0 Å². The lowest BCUT2D eigenvalue weighted by Crippen LogP contribution is -2.42. The van der Waals surface area contributed by atoms with Crippen LogP contribution < -0.4 is 10.9 Å². The predicted octanol–water partition coefficient (Wildman–Crippen LogP) is 2.53. The Kier molecular flexibility index (Phi) is 5.48. The Morgan fingerprint density at radius 1 is 1.08 bits per heavy atom. The number of carbonyl (C=O) groups is 2. The summed E-state index contributed by atoms with van der Waals surface area (Å²) in [6.07, 6.45) is 1.75. The lowest BCUT2D eigenvalue weighted by molar-refractivity contribution is -0.385. The minimum atomic E-state index is -0.873. The number of hydrazine groups is 1. The molecule has 0 aliphatic carbocycles. The standard InChI is InChI=1S/C15H12FN3O4S/c1-24-9-6-7-13(19(22)23)11(8-9)15(21)18-17-14(20)10-4-2-3-5-12(10)16/h2-8H,1H3,(H,17,20)(H,18,21). The Bertz CT molecular complexity index is 813. The predicted molar refractivity (Wildman–Crippen MR) is 86.2 cm³/mol. The van der Waals surface area contributed by atoms with Crippen molar-refractivity contribution in [2.45, 2.75) is 4.90 Å². The van der Waals surface area contributed by atoms with E-state index in [1.54, 1.807) is 6.26 Å². The molecule has 2 aromatic rings. The summed E-state index contributed by atoms with van der Waals surface area (Å²) < 4.78 is 13.5. The van der Waals surface area contributed by atoms with Gasteiger partial charge in [-0.3, -0.25) is 30.6 Å². The molecule has 0 aliphatic rings. The molecule has 124 valence electrons. The molecule has 24 heavy (non-hydrogen) atoms. The highest BCUT2D eigenvalue weighted by atomic mass is 32.2. The molecule has 0 fully saturated rings. The van der Waals surface area contributed by atoms with Crippen LogP contribution in [0.25, 0.3) is 0 Å². The molecule has 0 heterocycles. The van der Waals surface area contributed by atoms with E-state index in [1.165, 1.54) is 48.2 Å². The Labute approximate surface area is 140 Å². The van der Waals surface area contributed by atoms with Gasteiger partial charge in [0.25, 0.3) is 17.5 Å². The molecule has 9 heteroatoms. The first kappa shape index (κ1) is 17.4. The van der Waals surface area contributed by atoms with E-state index in [2.05, 4.69) is 5.43 Å². The zero-order valence-corrected chi connectivity index (χ0v) is 13.2. The number of nitrogens with zero attached hydrogens (tertiary/aromatic N) is 1. The molecule has 7 nitrogen and oxygen atoms in total. The van der Waals surface area contributed by atoms with Gasteiger partial charge >= 0.3 is 0 Å². The average molecular weight is 349 g/mol. The van der Waals surface area contributed by atoms with E-state index in [0.29, 0.717) is 4.90 Å². The Hall–Kier alpha value is -2.94. The second kappa shape index (κ2) is 7.55. The first-order chi connectivity index (χ1) is 11.4. The Morgan fingerprint density at radius 2 is 1.71 bits per heavy atom. The van der Waals surface area contributed by atoms with Crippen molar-refractivity contribution in [2.75, 3.05) is 6.26 Å². The van der Waals surface area contributed by atoms with E-state index in [0.717, 1.165) is 6.07 Å². The molecular formula is C15H12FN3O4S. The van der Waals surface area contributed by atoms with Gasteiger partial charge in [0, 0.05) is 11.0 Å². The fourth-order valence-corrected chi connectivity index (χ4v) is 2.32. The molecule has 2 rings (SSSR count). The van der Waals surface area contributed by atoms with Crippen LogP contribution >= 0.6 is 11.8 Å². The molecule has 0 unspecified atom stereocenters. The summed E-state index contributed by atoms with van der Waals surface area (Å²) in [5.74, 6) is -2.49. The molecule has 0 radical (unpaired) electrons. The van der Waals surface area contributed by atoms with E-state index >= 15 is 0 Å². The molecule has 0 saturated carbocycles. The van der Waals surface area contributed by atoms with E-state index in [-0.39, 0.29) is 11.1 Å². The van der Waals surface area contributed by atoms with Gasteiger partial charge in [-0.1, -0.05) is 12.1 Å². The Morgan fingerprint density at radius 3 is 2.29 bits per heavy atom. The smallest absolute Gasteiger partial charge is 0.267 e. The highest BCUT2D eigenvalue weighted by Gasteiger charge is 2.21. The molecule has 0 aromatic heterocycles. The van der Waals surface area contributed by atoms with Crippen LogP contribution in [0.2, 0.25) is 0 Å². The quantitative estimate of drug-likeness (QED) is 0.502. The van der Waals surface area contributed by atoms with Crippen molar-refractivity contribution in [3.8, 4) is 0 Å². The number of thioether (sulfide) groups is 1. The van der Waals surface area contributed by atoms with Crippen molar-refractivity contribution in [3.05, 3.63) is 69.5 Å². The van der Waals surface area contributed by atoms with Crippen molar-refractivity contribution in [1.29, 1.82) is 0 Å². The highest BCUT2D eigenvalue weighted by Crippen LogP contribution is 2.24.